The van der Waals surface area contributed by atoms with Crippen LogP contribution in [-0.2, 0) is 14.3 Å². The summed E-state index contributed by atoms with van der Waals surface area (Å²) < 4.78 is 5.54. The molecule has 2 amide bonds. The van der Waals surface area contributed by atoms with Crippen LogP contribution in [0.5, 0.6) is 0 Å². The molecule has 224 valence electrons. The van der Waals surface area contributed by atoms with Crippen LogP contribution in [0.4, 0.5) is 5.82 Å². The quantitative estimate of drug-likeness (QED) is 0.617. The molecule has 1 aromatic heterocycles. The largest absolute Gasteiger partial charge is 0.364 e. The first kappa shape index (κ1) is 34.8. The Labute approximate surface area is 238 Å². The summed E-state index contributed by atoms with van der Waals surface area (Å²) in [6.45, 7) is 22.7. The molecule has 1 aromatic rings. The number of ether oxygens (including phenoxy) is 1. The third kappa shape index (κ3) is 10.0. The second-order valence-corrected chi connectivity index (χ2v) is 10.4. The molecule has 2 N–H and O–H groups in total. The van der Waals surface area contributed by atoms with Gasteiger partial charge in [0.2, 0.25) is 5.91 Å². The molecule has 4 atom stereocenters. The highest BCUT2D eigenvalue weighted by atomic mass is 16.5. The van der Waals surface area contributed by atoms with Gasteiger partial charge in [-0.05, 0) is 79.2 Å². The predicted molar refractivity (Wildman–Crippen MR) is 161 cm³/mol. The number of aryl methyl sites for hydroxylation is 1. The van der Waals surface area contributed by atoms with Gasteiger partial charge in [0, 0.05) is 44.0 Å². The van der Waals surface area contributed by atoms with E-state index in [4.69, 9.17) is 10.5 Å². The van der Waals surface area contributed by atoms with Crippen molar-refractivity contribution in [1.29, 1.82) is 0 Å². The van der Waals surface area contributed by atoms with Crippen LogP contribution >= 0.6 is 0 Å². The fourth-order valence-electron chi connectivity index (χ4n) is 5.44. The van der Waals surface area contributed by atoms with E-state index in [9.17, 15) is 9.59 Å². The lowest BCUT2D eigenvalue weighted by atomic mass is 10.0. The van der Waals surface area contributed by atoms with Crippen LogP contribution in [0.2, 0.25) is 0 Å². The number of aromatic nitrogens is 1. The van der Waals surface area contributed by atoms with Gasteiger partial charge in [0.1, 0.15) is 11.9 Å². The molecule has 39 heavy (non-hydrogen) atoms. The second-order valence-electron chi connectivity index (χ2n) is 10.4. The van der Waals surface area contributed by atoms with Gasteiger partial charge >= 0.3 is 0 Å². The fraction of sp³-hybridized carbons (Fsp3) is 0.767. The van der Waals surface area contributed by atoms with Gasteiger partial charge in [0.15, 0.2) is 0 Å². The molecule has 4 rings (SSSR count). The van der Waals surface area contributed by atoms with Crippen LogP contribution in [0.1, 0.15) is 73.8 Å². The highest BCUT2D eigenvalue weighted by molar-refractivity contribution is 5.81. The number of rotatable bonds is 3. The number of hydrogen-bond acceptors (Lipinski definition) is 7. The smallest absolute Gasteiger partial charge is 0.251 e. The maximum absolute atomic E-state index is 12.0. The van der Waals surface area contributed by atoms with Crippen molar-refractivity contribution in [2.45, 2.75) is 105 Å². The molecule has 4 heterocycles. The summed E-state index contributed by atoms with van der Waals surface area (Å²) in [4.78, 5) is 36.8. The van der Waals surface area contributed by atoms with Gasteiger partial charge in [-0.25, -0.2) is 4.98 Å². The lowest BCUT2D eigenvalue weighted by Gasteiger charge is -2.44. The zero-order valence-corrected chi connectivity index (χ0v) is 26.3. The number of carbonyl (C=O) groups is 2. The van der Waals surface area contributed by atoms with Gasteiger partial charge in [0.25, 0.3) is 5.91 Å². The number of morpholine rings is 1. The molecule has 9 heteroatoms. The van der Waals surface area contributed by atoms with Crippen molar-refractivity contribution < 1.29 is 14.3 Å². The summed E-state index contributed by atoms with van der Waals surface area (Å²) in [5.41, 5.74) is 6.63. The highest BCUT2D eigenvalue weighted by Gasteiger charge is 2.35. The molecule has 9 nitrogen and oxygen atoms in total. The Morgan fingerprint density at radius 3 is 2.05 bits per heavy atom. The summed E-state index contributed by atoms with van der Waals surface area (Å²) in [6.07, 6.45) is 3.99. The van der Waals surface area contributed by atoms with E-state index in [1.165, 1.54) is 0 Å². The lowest BCUT2D eigenvalue weighted by molar-refractivity contribution is -0.163. The van der Waals surface area contributed by atoms with Crippen LogP contribution in [0, 0.1) is 6.92 Å². The molecule has 3 fully saturated rings. The van der Waals surface area contributed by atoms with Crippen molar-refractivity contribution >= 4 is 17.6 Å². The number of hydrogen-bond donors (Lipinski definition) is 1. The number of anilines is 1. The standard InChI is InChI=1S/C14H22N4O.C12H22N2O2.2C2H6/c1-10-4-5-13(16-7-10)17-8-11(2)18(12(3)9-17)14(19)6-15;1-9-8-14(12(15)10(2)16-9)11-4-6-13(3)7-5-11;2*1-2/h4-5,7,11-12H,6,8-9,15H2,1-3H3;9-11H,4-8H2,1-3H3;2*1-2H3/t11-,12+;9-,10?;;/m.0../s1. The first-order chi connectivity index (χ1) is 18.6. The van der Waals surface area contributed by atoms with E-state index in [1.54, 1.807) is 0 Å². The fourth-order valence-corrected chi connectivity index (χ4v) is 5.44. The van der Waals surface area contributed by atoms with Gasteiger partial charge in [-0.15, -0.1) is 0 Å². The normalized spacial score (nSPS) is 25.9. The van der Waals surface area contributed by atoms with E-state index in [0.29, 0.717) is 6.04 Å². The minimum atomic E-state index is -0.261. The van der Waals surface area contributed by atoms with E-state index in [1.807, 2.05) is 70.5 Å². The lowest BCUT2D eigenvalue weighted by Crippen LogP contribution is -2.60. The number of piperazine rings is 1. The van der Waals surface area contributed by atoms with Crippen LogP contribution in [0.3, 0.4) is 0 Å². The van der Waals surface area contributed by atoms with Crippen LogP contribution in [0.25, 0.3) is 0 Å². The average molecular weight is 549 g/mol. The van der Waals surface area contributed by atoms with Crippen LogP contribution in [0.15, 0.2) is 18.3 Å². The molecular formula is C30H56N6O3. The number of pyridine rings is 1. The summed E-state index contributed by atoms with van der Waals surface area (Å²) in [6, 6.07) is 4.84. The Balaban J connectivity index is 0.000000350. The molecule has 3 saturated heterocycles. The molecule has 0 radical (unpaired) electrons. The SMILES string of the molecule is CC.CC.CC1O[C@@H](C)CN(C2CCN(C)CC2)C1=O.Cc1ccc(N2C[C@@H](C)N(C(=O)CN)[C@@H](C)C2)nc1. The molecule has 0 spiro atoms. The summed E-state index contributed by atoms with van der Waals surface area (Å²) >= 11 is 0. The third-order valence-electron chi connectivity index (χ3n) is 7.25. The molecule has 0 bridgehead atoms. The zero-order chi connectivity index (χ0) is 29.7. The van der Waals surface area contributed by atoms with Gasteiger partial charge in [-0.2, -0.15) is 0 Å². The van der Waals surface area contributed by atoms with E-state index in [-0.39, 0.29) is 42.7 Å². The van der Waals surface area contributed by atoms with Crippen LogP contribution < -0.4 is 10.6 Å². The monoisotopic (exact) mass is 548 g/mol. The Kier molecular flexibility index (Phi) is 15.6. The summed E-state index contributed by atoms with van der Waals surface area (Å²) in [5.74, 6) is 1.17. The van der Waals surface area contributed by atoms with Crippen molar-refractivity contribution in [3.05, 3.63) is 23.9 Å². The number of nitrogens with two attached hydrogens (primary N) is 1. The van der Waals surface area contributed by atoms with Crippen LogP contribution in [-0.4, -0.2) is 108 Å². The minimum absolute atomic E-state index is 0.0246. The molecule has 1 unspecified atom stereocenters. The number of amides is 2. The van der Waals surface area contributed by atoms with Gasteiger partial charge < -0.3 is 30.1 Å². The van der Waals surface area contributed by atoms with Crippen molar-refractivity contribution in [3.63, 3.8) is 0 Å². The Morgan fingerprint density at radius 2 is 1.56 bits per heavy atom. The molecule has 0 aliphatic carbocycles. The minimum Gasteiger partial charge on any atom is -0.364 e. The van der Waals surface area contributed by atoms with Crippen molar-refractivity contribution in [2.75, 3.05) is 51.2 Å². The maximum atomic E-state index is 12.0. The van der Waals surface area contributed by atoms with Crippen molar-refractivity contribution in [3.8, 4) is 0 Å². The van der Waals surface area contributed by atoms with E-state index in [2.05, 4.69) is 41.7 Å². The Bertz CT molecular complexity index is 832. The maximum Gasteiger partial charge on any atom is 0.251 e. The van der Waals surface area contributed by atoms with Crippen molar-refractivity contribution in [2.24, 2.45) is 5.73 Å². The number of piperidine rings is 1. The third-order valence-corrected chi connectivity index (χ3v) is 7.25. The molecular weight excluding hydrogens is 492 g/mol. The van der Waals surface area contributed by atoms with E-state index in [0.717, 1.165) is 56.9 Å². The Hall–Kier alpha value is -2.23. The van der Waals surface area contributed by atoms with Gasteiger partial charge in [-0.1, -0.05) is 33.8 Å². The summed E-state index contributed by atoms with van der Waals surface area (Å²) in [5, 5.41) is 0. The van der Waals surface area contributed by atoms with Gasteiger partial charge in [-0.3, -0.25) is 9.59 Å². The first-order valence-corrected chi connectivity index (χ1v) is 14.9. The van der Waals surface area contributed by atoms with Crippen molar-refractivity contribution in [1.82, 2.24) is 19.7 Å². The van der Waals surface area contributed by atoms with E-state index < -0.39 is 0 Å². The molecule has 0 saturated carbocycles. The summed E-state index contributed by atoms with van der Waals surface area (Å²) in [7, 11) is 2.14. The highest BCUT2D eigenvalue weighted by Crippen LogP contribution is 2.22. The topological polar surface area (TPSA) is 95.2 Å². The Morgan fingerprint density at radius 1 is 1.00 bits per heavy atom. The predicted octanol–water partition coefficient (Wildman–Crippen LogP) is 3.54. The number of carbonyl (C=O) groups excluding carboxylic acids is 2. The molecule has 3 aliphatic heterocycles. The first-order valence-electron chi connectivity index (χ1n) is 14.9. The number of likely N-dealkylation sites (tertiary alicyclic amines) is 1. The second kappa shape index (κ2) is 17.5. The average Bonchev–Trinajstić information content (AvgIpc) is 2.93. The molecule has 3 aliphatic rings. The van der Waals surface area contributed by atoms with Gasteiger partial charge in [0.05, 0.1) is 12.6 Å². The molecule has 0 aromatic carbocycles. The zero-order valence-electron chi connectivity index (χ0n) is 26.3. The van der Waals surface area contributed by atoms with E-state index >= 15 is 0 Å². The number of nitrogens with zero attached hydrogens (tertiary/aromatic N) is 5.